The first-order valence-corrected chi connectivity index (χ1v) is 4.05. The Balaban J connectivity index is 2.27. The Hall–Kier alpha value is -0.310. The Labute approximate surface area is 69.6 Å². The van der Waals surface area contributed by atoms with Crippen molar-refractivity contribution >= 4 is 11.6 Å². The quantitative estimate of drug-likeness (QED) is 0.603. The summed E-state index contributed by atoms with van der Waals surface area (Å²) in [7, 11) is 0. The van der Waals surface area contributed by atoms with Crippen molar-refractivity contribution in [2.45, 2.75) is 12.3 Å². The molecule has 0 bridgehead atoms. The maximum atomic E-state index is 12.5. The van der Waals surface area contributed by atoms with E-state index in [1.165, 1.54) is 6.20 Å². The van der Waals surface area contributed by atoms with E-state index in [-0.39, 0.29) is 6.54 Å². The summed E-state index contributed by atoms with van der Waals surface area (Å²) in [6.07, 6.45) is 3.12. The molecule has 0 aromatic rings. The third kappa shape index (κ3) is 2.66. The summed E-state index contributed by atoms with van der Waals surface area (Å²) in [5, 5.41) is 0. The minimum atomic E-state index is -2.63. The van der Waals surface area contributed by atoms with Gasteiger partial charge in [-0.25, -0.2) is 0 Å². The Morgan fingerprint density at radius 3 is 2.73 bits per heavy atom. The van der Waals surface area contributed by atoms with Crippen molar-refractivity contribution in [3.05, 3.63) is 12.3 Å². The summed E-state index contributed by atoms with van der Waals surface area (Å²) in [4.78, 5) is 1.59. The van der Waals surface area contributed by atoms with Crippen LogP contribution in [0.4, 0.5) is 8.78 Å². The molecule has 1 heterocycles. The highest BCUT2D eigenvalue weighted by molar-refractivity contribution is 6.17. The molecule has 0 fully saturated rings. The van der Waals surface area contributed by atoms with E-state index in [0.717, 1.165) is 12.5 Å². The smallest absolute Gasteiger partial charge is 0.285 e. The van der Waals surface area contributed by atoms with E-state index in [9.17, 15) is 8.78 Å². The Kier molecular flexibility index (Phi) is 2.71. The fourth-order valence-electron chi connectivity index (χ4n) is 1.01. The maximum Gasteiger partial charge on any atom is 0.285 e. The molecule has 0 N–H and O–H groups in total. The van der Waals surface area contributed by atoms with Gasteiger partial charge in [0.1, 0.15) is 0 Å². The fourth-order valence-corrected chi connectivity index (χ4v) is 1.13. The SMILES string of the molecule is FC1(F)C=CN(CCCCl)C1. The number of alkyl halides is 3. The second-order valence-electron chi connectivity index (χ2n) is 2.59. The van der Waals surface area contributed by atoms with Crippen LogP contribution in [0.1, 0.15) is 6.42 Å². The largest absolute Gasteiger partial charge is 0.371 e. The standard InChI is InChI=1S/C7H10ClF2N/c8-3-1-4-11-5-2-7(9,10)6-11/h2,5H,1,3-4,6H2. The average Bonchev–Trinajstić information content (AvgIpc) is 2.26. The van der Waals surface area contributed by atoms with Crippen molar-refractivity contribution in [1.29, 1.82) is 0 Å². The molecule has 0 aliphatic carbocycles. The first-order valence-electron chi connectivity index (χ1n) is 3.51. The van der Waals surface area contributed by atoms with Gasteiger partial charge in [-0.3, -0.25) is 0 Å². The molecule has 0 aromatic carbocycles. The van der Waals surface area contributed by atoms with Crippen LogP contribution in [0.3, 0.4) is 0 Å². The topological polar surface area (TPSA) is 3.24 Å². The average molecular weight is 182 g/mol. The van der Waals surface area contributed by atoms with Gasteiger partial charge in [0.05, 0.1) is 6.54 Å². The number of halogens is 3. The van der Waals surface area contributed by atoms with E-state index in [4.69, 9.17) is 11.6 Å². The molecule has 0 unspecified atom stereocenters. The second kappa shape index (κ2) is 3.39. The van der Waals surface area contributed by atoms with Crippen molar-refractivity contribution in [3.8, 4) is 0 Å². The molecule has 1 rings (SSSR count). The molecule has 0 aromatic heterocycles. The first-order chi connectivity index (χ1) is 5.14. The summed E-state index contributed by atoms with van der Waals surface area (Å²) >= 11 is 5.41. The maximum absolute atomic E-state index is 12.5. The molecule has 0 saturated carbocycles. The van der Waals surface area contributed by atoms with Gasteiger partial charge < -0.3 is 4.90 Å². The Morgan fingerprint density at radius 2 is 2.27 bits per heavy atom. The van der Waals surface area contributed by atoms with Gasteiger partial charge in [-0.1, -0.05) is 0 Å². The van der Waals surface area contributed by atoms with Crippen molar-refractivity contribution < 1.29 is 8.78 Å². The van der Waals surface area contributed by atoms with Crippen LogP contribution in [0.15, 0.2) is 12.3 Å². The highest BCUT2D eigenvalue weighted by Gasteiger charge is 2.31. The number of nitrogens with zero attached hydrogens (tertiary/aromatic N) is 1. The van der Waals surface area contributed by atoms with E-state index in [1.807, 2.05) is 0 Å². The highest BCUT2D eigenvalue weighted by Crippen LogP contribution is 2.23. The number of hydrogen-bond acceptors (Lipinski definition) is 1. The van der Waals surface area contributed by atoms with Crippen molar-refractivity contribution in [2.24, 2.45) is 0 Å². The molecule has 1 aliphatic heterocycles. The van der Waals surface area contributed by atoms with Gasteiger partial charge in [0.2, 0.25) is 0 Å². The van der Waals surface area contributed by atoms with E-state index < -0.39 is 5.92 Å². The lowest BCUT2D eigenvalue weighted by Gasteiger charge is -2.16. The molecule has 0 atom stereocenters. The molecule has 0 amide bonds. The zero-order valence-corrected chi connectivity index (χ0v) is 6.82. The normalized spacial score (nSPS) is 21.2. The predicted molar refractivity (Wildman–Crippen MR) is 41.0 cm³/mol. The fraction of sp³-hybridized carbons (Fsp3) is 0.714. The van der Waals surface area contributed by atoms with E-state index in [0.29, 0.717) is 12.4 Å². The van der Waals surface area contributed by atoms with Crippen LogP contribution in [-0.2, 0) is 0 Å². The van der Waals surface area contributed by atoms with E-state index >= 15 is 0 Å². The molecular weight excluding hydrogens is 172 g/mol. The van der Waals surface area contributed by atoms with Crippen LogP contribution in [0.5, 0.6) is 0 Å². The molecule has 1 aliphatic rings. The molecule has 11 heavy (non-hydrogen) atoms. The minimum Gasteiger partial charge on any atom is -0.371 e. The van der Waals surface area contributed by atoms with E-state index in [2.05, 4.69) is 0 Å². The van der Waals surface area contributed by atoms with Crippen molar-refractivity contribution in [2.75, 3.05) is 19.0 Å². The predicted octanol–water partition coefficient (Wildman–Crippen LogP) is 2.08. The molecule has 0 radical (unpaired) electrons. The number of rotatable bonds is 3. The molecule has 4 heteroatoms. The van der Waals surface area contributed by atoms with Crippen LogP contribution in [0.25, 0.3) is 0 Å². The van der Waals surface area contributed by atoms with Gasteiger partial charge in [0.25, 0.3) is 5.92 Å². The Morgan fingerprint density at radius 1 is 1.55 bits per heavy atom. The lowest BCUT2D eigenvalue weighted by Crippen LogP contribution is -2.26. The van der Waals surface area contributed by atoms with Gasteiger partial charge in [0, 0.05) is 24.7 Å². The Bertz CT molecular complexity index is 159. The van der Waals surface area contributed by atoms with Crippen molar-refractivity contribution in [1.82, 2.24) is 4.90 Å². The molecule has 1 nitrogen and oxygen atoms in total. The highest BCUT2D eigenvalue weighted by atomic mass is 35.5. The van der Waals surface area contributed by atoms with Gasteiger partial charge >= 0.3 is 0 Å². The summed E-state index contributed by atoms with van der Waals surface area (Å²) in [6.45, 7) is 0.430. The van der Waals surface area contributed by atoms with Crippen molar-refractivity contribution in [3.63, 3.8) is 0 Å². The van der Waals surface area contributed by atoms with Gasteiger partial charge in [-0.2, -0.15) is 8.78 Å². The zero-order chi connectivity index (χ0) is 8.32. The van der Waals surface area contributed by atoms with Gasteiger partial charge in [0.15, 0.2) is 0 Å². The van der Waals surface area contributed by atoms with Crippen LogP contribution >= 0.6 is 11.6 Å². The third-order valence-electron chi connectivity index (χ3n) is 1.52. The lowest BCUT2D eigenvalue weighted by molar-refractivity contribution is 0.0446. The first kappa shape index (κ1) is 8.78. The van der Waals surface area contributed by atoms with Gasteiger partial charge in [-0.05, 0) is 6.42 Å². The zero-order valence-electron chi connectivity index (χ0n) is 6.06. The molecular formula is C7H10ClF2N. The van der Waals surface area contributed by atoms with Crippen LogP contribution in [-0.4, -0.2) is 29.8 Å². The lowest BCUT2D eigenvalue weighted by atomic mass is 10.4. The van der Waals surface area contributed by atoms with Crippen LogP contribution in [0.2, 0.25) is 0 Å². The van der Waals surface area contributed by atoms with E-state index in [1.54, 1.807) is 4.90 Å². The monoisotopic (exact) mass is 181 g/mol. The van der Waals surface area contributed by atoms with Gasteiger partial charge in [-0.15, -0.1) is 11.6 Å². The summed E-state index contributed by atoms with van der Waals surface area (Å²) in [6, 6.07) is 0. The molecule has 0 spiro atoms. The summed E-state index contributed by atoms with van der Waals surface area (Å²) < 4.78 is 24.9. The molecule has 0 saturated heterocycles. The summed E-state index contributed by atoms with van der Waals surface area (Å²) in [5.41, 5.74) is 0. The summed E-state index contributed by atoms with van der Waals surface area (Å²) in [5.74, 6) is -2.11. The third-order valence-corrected chi connectivity index (χ3v) is 1.79. The number of hydrogen-bond donors (Lipinski definition) is 0. The minimum absolute atomic E-state index is 0.191. The van der Waals surface area contributed by atoms with Crippen LogP contribution in [0, 0.1) is 0 Å². The van der Waals surface area contributed by atoms with Crippen LogP contribution < -0.4 is 0 Å². The molecule has 64 valence electrons. The second-order valence-corrected chi connectivity index (χ2v) is 2.97.